The third-order valence-electron chi connectivity index (χ3n) is 4.16. The number of hydrogen-bond donors (Lipinski definition) is 0. The molecule has 0 saturated carbocycles. The van der Waals surface area contributed by atoms with Gasteiger partial charge in [-0.15, -0.1) is 0 Å². The number of hydrogen-bond acceptors (Lipinski definition) is 3. The molecule has 1 amide bonds. The van der Waals surface area contributed by atoms with Crippen LogP contribution in [0.5, 0.6) is 5.75 Å². The summed E-state index contributed by atoms with van der Waals surface area (Å²) in [5.41, 5.74) is 1.51. The van der Waals surface area contributed by atoms with Crippen molar-refractivity contribution in [2.75, 3.05) is 38.2 Å². The monoisotopic (exact) mass is 364 g/mol. The minimum absolute atomic E-state index is 0.0301. The second-order valence-electron chi connectivity index (χ2n) is 5.58. The molecule has 2 aromatic carbocycles. The molecule has 0 aliphatic carbocycles. The molecule has 0 radical (unpaired) electrons. The van der Waals surface area contributed by atoms with Crippen molar-refractivity contribution in [3.05, 3.63) is 58.1 Å². The highest BCUT2D eigenvalue weighted by molar-refractivity contribution is 6.39. The molecule has 1 saturated heterocycles. The number of piperazine rings is 1. The predicted octanol–water partition coefficient (Wildman–Crippen LogP) is 3.96. The Bertz CT molecular complexity index is 706. The number of anilines is 1. The van der Waals surface area contributed by atoms with E-state index in [0.717, 1.165) is 11.4 Å². The number of para-hydroxylation sites is 1. The van der Waals surface area contributed by atoms with Crippen LogP contribution in [0.1, 0.15) is 10.4 Å². The van der Waals surface area contributed by atoms with Crippen LogP contribution in [0.4, 0.5) is 5.69 Å². The quantitative estimate of drug-likeness (QED) is 0.825. The molecule has 1 aliphatic heterocycles. The van der Waals surface area contributed by atoms with E-state index >= 15 is 0 Å². The van der Waals surface area contributed by atoms with Crippen LogP contribution in [0.25, 0.3) is 0 Å². The Kier molecular flexibility index (Phi) is 5.17. The fourth-order valence-corrected chi connectivity index (χ4v) is 3.48. The molecular formula is C18H18Cl2N2O2. The molecular weight excluding hydrogens is 347 g/mol. The Balaban J connectivity index is 1.67. The molecule has 0 unspecified atom stereocenters. The molecule has 0 bridgehead atoms. The van der Waals surface area contributed by atoms with Crippen molar-refractivity contribution in [3.63, 3.8) is 0 Å². The first-order valence-electron chi connectivity index (χ1n) is 7.72. The topological polar surface area (TPSA) is 32.8 Å². The summed E-state index contributed by atoms with van der Waals surface area (Å²) in [6.07, 6.45) is 0. The van der Waals surface area contributed by atoms with Gasteiger partial charge in [-0.2, -0.15) is 0 Å². The van der Waals surface area contributed by atoms with Crippen LogP contribution in [-0.2, 0) is 0 Å². The van der Waals surface area contributed by atoms with Crippen molar-refractivity contribution < 1.29 is 9.53 Å². The lowest BCUT2D eigenvalue weighted by Gasteiger charge is -2.37. The van der Waals surface area contributed by atoms with Crippen LogP contribution in [0.15, 0.2) is 42.5 Å². The number of nitrogens with zero attached hydrogens (tertiary/aromatic N) is 2. The Morgan fingerprint density at radius 3 is 2.08 bits per heavy atom. The van der Waals surface area contributed by atoms with Gasteiger partial charge in [-0.05, 0) is 36.4 Å². The number of methoxy groups -OCH3 is 1. The normalized spacial score (nSPS) is 14.6. The van der Waals surface area contributed by atoms with Crippen molar-refractivity contribution in [1.82, 2.24) is 4.90 Å². The van der Waals surface area contributed by atoms with Gasteiger partial charge in [-0.1, -0.05) is 29.3 Å². The van der Waals surface area contributed by atoms with Crippen molar-refractivity contribution in [1.29, 1.82) is 0 Å². The number of rotatable bonds is 3. The summed E-state index contributed by atoms with van der Waals surface area (Å²) in [5, 5.41) is 1.27. The Morgan fingerprint density at radius 1 is 0.958 bits per heavy atom. The summed E-state index contributed by atoms with van der Waals surface area (Å²) in [7, 11) is 1.61. The molecule has 1 fully saturated rings. The van der Waals surface area contributed by atoms with Crippen LogP contribution in [0, 0.1) is 0 Å². The van der Waals surface area contributed by atoms with Gasteiger partial charge in [0.15, 0.2) is 0 Å². The molecule has 1 heterocycles. The molecule has 0 spiro atoms. The third kappa shape index (κ3) is 3.45. The average molecular weight is 365 g/mol. The van der Waals surface area contributed by atoms with Crippen LogP contribution in [-0.4, -0.2) is 44.1 Å². The van der Waals surface area contributed by atoms with Gasteiger partial charge >= 0.3 is 0 Å². The molecule has 126 valence electrons. The number of benzene rings is 2. The Labute approximate surface area is 151 Å². The summed E-state index contributed by atoms with van der Waals surface area (Å²) in [4.78, 5) is 16.6. The Morgan fingerprint density at radius 2 is 1.54 bits per heavy atom. The first-order valence-corrected chi connectivity index (χ1v) is 8.48. The minimum Gasteiger partial charge on any atom is -0.497 e. The number of amides is 1. The highest BCUT2D eigenvalue weighted by Crippen LogP contribution is 2.34. The summed E-state index contributed by atoms with van der Waals surface area (Å²) in [5.74, 6) is 0.771. The summed E-state index contributed by atoms with van der Waals surface area (Å²) in [6.45, 7) is 2.66. The zero-order valence-electron chi connectivity index (χ0n) is 13.3. The van der Waals surface area contributed by atoms with Crippen molar-refractivity contribution in [3.8, 4) is 5.75 Å². The van der Waals surface area contributed by atoms with E-state index in [4.69, 9.17) is 27.9 Å². The minimum atomic E-state index is 0.0301. The molecule has 1 aliphatic rings. The van der Waals surface area contributed by atoms with Gasteiger partial charge in [0.25, 0.3) is 5.91 Å². The van der Waals surface area contributed by atoms with Gasteiger partial charge < -0.3 is 14.5 Å². The van der Waals surface area contributed by atoms with Crippen LogP contribution < -0.4 is 9.64 Å². The molecule has 0 N–H and O–H groups in total. The summed E-state index contributed by atoms with van der Waals surface area (Å²) < 4.78 is 5.12. The standard InChI is InChI=1S/C18H18Cl2N2O2/c1-24-14-7-5-13(6-8-14)18(23)22-11-9-21(10-12-22)17-15(19)3-2-4-16(17)20/h2-8H,9-12H2,1H3. The zero-order valence-corrected chi connectivity index (χ0v) is 14.8. The lowest BCUT2D eigenvalue weighted by Crippen LogP contribution is -2.49. The molecule has 3 rings (SSSR count). The Hall–Kier alpha value is -1.91. The van der Waals surface area contributed by atoms with Gasteiger partial charge in [0.2, 0.25) is 0 Å². The van der Waals surface area contributed by atoms with E-state index in [-0.39, 0.29) is 5.91 Å². The lowest BCUT2D eigenvalue weighted by molar-refractivity contribution is 0.0747. The van der Waals surface area contributed by atoms with E-state index in [0.29, 0.717) is 41.8 Å². The van der Waals surface area contributed by atoms with Gasteiger partial charge in [0.05, 0.1) is 22.8 Å². The van der Waals surface area contributed by atoms with Crippen LogP contribution >= 0.6 is 23.2 Å². The molecule has 0 atom stereocenters. The SMILES string of the molecule is COc1ccc(C(=O)N2CCN(c3c(Cl)cccc3Cl)CC2)cc1. The maximum absolute atomic E-state index is 12.6. The van der Waals surface area contributed by atoms with Crippen LogP contribution in [0.2, 0.25) is 10.0 Å². The average Bonchev–Trinajstić information content (AvgIpc) is 2.62. The fourth-order valence-electron chi connectivity index (χ4n) is 2.84. The van der Waals surface area contributed by atoms with E-state index in [1.807, 2.05) is 23.1 Å². The maximum Gasteiger partial charge on any atom is 0.253 e. The van der Waals surface area contributed by atoms with E-state index in [2.05, 4.69) is 4.90 Å². The molecule has 2 aromatic rings. The predicted molar refractivity (Wildman–Crippen MR) is 97.6 cm³/mol. The van der Waals surface area contributed by atoms with Crippen LogP contribution in [0.3, 0.4) is 0 Å². The van der Waals surface area contributed by atoms with Crippen molar-refractivity contribution in [2.45, 2.75) is 0 Å². The first kappa shape index (κ1) is 16.9. The van der Waals surface area contributed by atoms with Gasteiger partial charge in [-0.3, -0.25) is 4.79 Å². The smallest absolute Gasteiger partial charge is 0.253 e. The van der Waals surface area contributed by atoms with E-state index in [1.54, 1.807) is 31.4 Å². The second kappa shape index (κ2) is 7.32. The van der Waals surface area contributed by atoms with Gasteiger partial charge in [0.1, 0.15) is 5.75 Å². The van der Waals surface area contributed by atoms with Crippen molar-refractivity contribution >= 4 is 34.8 Å². The van der Waals surface area contributed by atoms with E-state index in [9.17, 15) is 4.79 Å². The lowest BCUT2D eigenvalue weighted by atomic mass is 10.1. The van der Waals surface area contributed by atoms with Gasteiger partial charge in [-0.25, -0.2) is 0 Å². The van der Waals surface area contributed by atoms with E-state index in [1.165, 1.54) is 0 Å². The van der Waals surface area contributed by atoms with Crippen molar-refractivity contribution in [2.24, 2.45) is 0 Å². The molecule has 4 nitrogen and oxygen atoms in total. The second-order valence-corrected chi connectivity index (χ2v) is 6.39. The largest absolute Gasteiger partial charge is 0.497 e. The summed E-state index contributed by atoms with van der Waals surface area (Å²) >= 11 is 12.5. The zero-order chi connectivity index (χ0) is 17.1. The molecule has 6 heteroatoms. The number of carbonyl (C=O) groups excluding carboxylic acids is 1. The number of ether oxygens (including phenoxy) is 1. The number of halogens is 2. The number of carbonyl (C=O) groups is 1. The molecule has 0 aromatic heterocycles. The highest BCUT2D eigenvalue weighted by Gasteiger charge is 2.24. The highest BCUT2D eigenvalue weighted by atomic mass is 35.5. The third-order valence-corrected chi connectivity index (χ3v) is 4.77. The summed E-state index contributed by atoms with van der Waals surface area (Å²) in [6, 6.07) is 12.7. The maximum atomic E-state index is 12.6. The fraction of sp³-hybridized carbons (Fsp3) is 0.278. The first-order chi connectivity index (χ1) is 11.6. The van der Waals surface area contributed by atoms with E-state index < -0.39 is 0 Å². The molecule has 24 heavy (non-hydrogen) atoms. The van der Waals surface area contributed by atoms with Gasteiger partial charge in [0, 0.05) is 31.7 Å².